The molecular formula is C13H21N6O4P. The van der Waals surface area contributed by atoms with E-state index in [9.17, 15) is 9.36 Å². The van der Waals surface area contributed by atoms with E-state index < -0.39 is 13.9 Å². The monoisotopic (exact) mass is 356 g/mol. The first-order valence-corrected chi connectivity index (χ1v) is 9.04. The second kappa shape index (κ2) is 8.72. The van der Waals surface area contributed by atoms with Crippen molar-refractivity contribution in [1.82, 2.24) is 24.6 Å². The lowest BCUT2D eigenvalue weighted by Gasteiger charge is -2.09. The average Bonchev–Trinajstić information content (AvgIpc) is 2.93. The minimum absolute atomic E-state index is 0.0311. The van der Waals surface area contributed by atoms with Crippen molar-refractivity contribution in [3.05, 3.63) is 12.7 Å². The molecule has 0 spiro atoms. The molecule has 11 heteroatoms. The van der Waals surface area contributed by atoms with E-state index in [-0.39, 0.29) is 19.0 Å². The van der Waals surface area contributed by atoms with Gasteiger partial charge < -0.3 is 24.3 Å². The molecule has 0 aliphatic heterocycles. The van der Waals surface area contributed by atoms with Crippen LogP contribution in [0.15, 0.2) is 12.7 Å². The maximum absolute atomic E-state index is 11.7. The molecule has 0 fully saturated rings. The summed E-state index contributed by atoms with van der Waals surface area (Å²) in [4.78, 5) is 23.4. The molecule has 2 aromatic rings. The van der Waals surface area contributed by atoms with Gasteiger partial charge in [-0.1, -0.05) is 0 Å². The Morgan fingerprint density at radius 2 is 2.21 bits per heavy atom. The van der Waals surface area contributed by atoms with Gasteiger partial charge in [-0.2, -0.15) is 0 Å². The van der Waals surface area contributed by atoms with E-state index in [2.05, 4.69) is 20.0 Å². The summed E-state index contributed by atoms with van der Waals surface area (Å²) in [7, 11) is -2.20. The smallest absolute Gasteiger partial charge is 0.320 e. The van der Waals surface area contributed by atoms with Crippen LogP contribution in [-0.2, 0) is 25.4 Å². The van der Waals surface area contributed by atoms with Gasteiger partial charge in [0.2, 0.25) is 0 Å². The molecule has 0 amide bonds. The number of anilines is 1. The van der Waals surface area contributed by atoms with Crippen LogP contribution >= 0.6 is 7.95 Å². The van der Waals surface area contributed by atoms with Crippen molar-refractivity contribution >= 4 is 30.9 Å². The number of carbonyl (C=O) groups is 1. The topological polar surface area (TPSA) is 134 Å². The Hall–Kier alpha value is -2.03. The summed E-state index contributed by atoms with van der Waals surface area (Å²) >= 11 is 0. The summed E-state index contributed by atoms with van der Waals surface area (Å²) in [6.45, 7) is 4.22. The van der Waals surface area contributed by atoms with E-state index in [1.165, 1.54) is 6.33 Å². The summed E-state index contributed by atoms with van der Waals surface area (Å²) in [5.41, 5.74) is 6.87. The molecule has 2 heterocycles. The molecule has 0 saturated heterocycles. The van der Waals surface area contributed by atoms with Gasteiger partial charge in [-0.3, -0.25) is 9.88 Å². The minimum Gasteiger partial charge on any atom is -0.462 e. The number of hydrogen-bond donors (Lipinski definition) is 2. The third kappa shape index (κ3) is 5.26. The van der Waals surface area contributed by atoms with Crippen LogP contribution in [0.1, 0.15) is 13.8 Å². The predicted octanol–water partition coefficient (Wildman–Crippen LogP) is 0.398. The molecule has 1 atom stereocenters. The van der Waals surface area contributed by atoms with E-state index in [0.717, 1.165) is 0 Å². The van der Waals surface area contributed by atoms with Crippen LogP contribution in [0.25, 0.3) is 11.2 Å². The second-order valence-corrected chi connectivity index (χ2v) is 6.73. The van der Waals surface area contributed by atoms with Crippen LogP contribution in [0.5, 0.6) is 0 Å². The first kappa shape index (κ1) is 18.3. The Bertz CT molecular complexity index is 720. The minimum atomic E-state index is -2.20. The highest BCUT2D eigenvalue weighted by Crippen LogP contribution is 2.15. The molecule has 0 aromatic carbocycles. The number of imidazole rings is 1. The maximum Gasteiger partial charge on any atom is 0.320 e. The highest BCUT2D eigenvalue weighted by atomic mass is 31.1. The van der Waals surface area contributed by atoms with Crippen molar-refractivity contribution in [3.8, 4) is 0 Å². The molecule has 10 nitrogen and oxygen atoms in total. The number of carbonyl (C=O) groups excluding carboxylic acids is 1. The molecule has 3 N–H and O–H groups in total. The zero-order valence-corrected chi connectivity index (χ0v) is 14.6. The van der Waals surface area contributed by atoms with E-state index in [4.69, 9.17) is 15.2 Å². The van der Waals surface area contributed by atoms with Crippen LogP contribution in [0.2, 0.25) is 0 Å². The SMILES string of the molecule is CC(C)OC(=O)CN[PH](=O)COCCn1cnc2c(N)ncnc21. The molecule has 1 unspecified atom stereocenters. The summed E-state index contributed by atoms with van der Waals surface area (Å²) in [5.74, 6) is -0.118. The maximum atomic E-state index is 11.7. The van der Waals surface area contributed by atoms with Crippen LogP contribution in [0, 0.1) is 0 Å². The molecule has 0 radical (unpaired) electrons. The predicted molar refractivity (Wildman–Crippen MR) is 88.8 cm³/mol. The van der Waals surface area contributed by atoms with Crippen molar-refractivity contribution in [2.45, 2.75) is 26.5 Å². The van der Waals surface area contributed by atoms with Gasteiger partial charge in [-0.15, -0.1) is 0 Å². The second-order valence-electron chi connectivity index (χ2n) is 5.24. The molecule has 24 heavy (non-hydrogen) atoms. The van der Waals surface area contributed by atoms with Crippen LogP contribution in [0.4, 0.5) is 5.82 Å². The van der Waals surface area contributed by atoms with E-state index in [1.54, 1.807) is 24.7 Å². The molecule has 2 aromatic heterocycles. The first-order valence-electron chi connectivity index (χ1n) is 7.42. The number of nitrogens with one attached hydrogen (secondary N) is 1. The number of nitrogens with zero attached hydrogens (tertiary/aromatic N) is 4. The normalized spacial score (nSPS) is 12.6. The van der Waals surface area contributed by atoms with Crippen molar-refractivity contribution in [1.29, 1.82) is 0 Å². The molecule has 0 saturated carbocycles. The fraction of sp³-hybridized carbons (Fsp3) is 0.538. The van der Waals surface area contributed by atoms with E-state index in [1.807, 2.05) is 0 Å². The standard InChI is InChI=1S/C13H21N6O4P/c1-9(2)23-10(20)5-18-24(21)8-22-4-3-19-7-17-11-12(14)15-6-16-13(11)19/h6-7,9,24H,3-5,8H2,1-2H3,(H,18,21)(H2,14,15,16). The highest BCUT2D eigenvalue weighted by molar-refractivity contribution is 7.42. The Balaban J connectivity index is 1.70. The van der Waals surface area contributed by atoms with Gasteiger partial charge in [0.15, 0.2) is 19.4 Å². The van der Waals surface area contributed by atoms with Crippen molar-refractivity contribution in [3.63, 3.8) is 0 Å². The van der Waals surface area contributed by atoms with Crippen molar-refractivity contribution < 1.29 is 18.8 Å². The van der Waals surface area contributed by atoms with E-state index in [0.29, 0.717) is 30.1 Å². The fourth-order valence-electron chi connectivity index (χ4n) is 1.92. The van der Waals surface area contributed by atoms with Gasteiger partial charge in [0.25, 0.3) is 0 Å². The van der Waals surface area contributed by atoms with Gasteiger partial charge in [-0.05, 0) is 13.8 Å². The Morgan fingerprint density at radius 3 is 2.96 bits per heavy atom. The third-order valence-electron chi connectivity index (χ3n) is 2.94. The third-order valence-corrected chi connectivity index (χ3v) is 3.97. The van der Waals surface area contributed by atoms with E-state index >= 15 is 0 Å². The zero-order chi connectivity index (χ0) is 17.5. The number of nitrogen functional groups attached to an aromatic ring is 1. The highest BCUT2D eigenvalue weighted by Gasteiger charge is 2.09. The lowest BCUT2D eigenvalue weighted by atomic mass is 10.5. The number of aromatic nitrogens is 4. The summed E-state index contributed by atoms with van der Waals surface area (Å²) in [5, 5.41) is 2.61. The van der Waals surface area contributed by atoms with Crippen LogP contribution in [0.3, 0.4) is 0 Å². The molecule has 0 aliphatic rings. The van der Waals surface area contributed by atoms with Crippen molar-refractivity contribution in [2.75, 3.05) is 25.2 Å². The Morgan fingerprint density at radius 1 is 1.42 bits per heavy atom. The van der Waals surface area contributed by atoms with Crippen LogP contribution < -0.4 is 10.8 Å². The molecular weight excluding hydrogens is 335 g/mol. The van der Waals surface area contributed by atoms with Gasteiger partial charge >= 0.3 is 5.97 Å². The lowest BCUT2D eigenvalue weighted by Crippen LogP contribution is -2.23. The molecule has 0 bridgehead atoms. The quantitative estimate of drug-likeness (QED) is 0.372. The number of nitrogens with two attached hydrogens (primary N) is 1. The number of ether oxygens (including phenoxy) is 2. The number of hydrogen-bond acceptors (Lipinski definition) is 8. The summed E-state index contributed by atoms with van der Waals surface area (Å²) < 4.78 is 23.8. The average molecular weight is 356 g/mol. The molecule has 0 aliphatic carbocycles. The van der Waals surface area contributed by atoms with Crippen LogP contribution in [-0.4, -0.2) is 51.1 Å². The van der Waals surface area contributed by atoms with Crippen molar-refractivity contribution in [2.24, 2.45) is 0 Å². The van der Waals surface area contributed by atoms with Gasteiger partial charge in [-0.25, -0.2) is 15.0 Å². The summed E-state index contributed by atoms with van der Waals surface area (Å²) in [6.07, 6.45) is 2.81. The van der Waals surface area contributed by atoms with Gasteiger partial charge in [0.1, 0.15) is 18.2 Å². The largest absolute Gasteiger partial charge is 0.462 e. The van der Waals surface area contributed by atoms with Gasteiger partial charge in [0, 0.05) is 6.54 Å². The first-order chi connectivity index (χ1) is 11.5. The zero-order valence-electron chi connectivity index (χ0n) is 13.6. The van der Waals surface area contributed by atoms with Gasteiger partial charge in [0.05, 0.1) is 25.6 Å². The molecule has 132 valence electrons. The lowest BCUT2D eigenvalue weighted by molar-refractivity contribution is -0.145. The number of fused-ring (bicyclic) bond motifs is 1. The Labute approximate surface area is 139 Å². The number of esters is 1. The summed E-state index contributed by atoms with van der Waals surface area (Å²) in [6, 6.07) is 0. The fourth-order valence-corrected chi connectivity index (χ4v) is 2.69. The number of rotatable bonds is 9. The molecule has 2 rings (SSSR count). The Kier molecular flexibility index (Phi) is 6.65.